The molecule has 0 aliphatic heterocycles. The predicted molar refractivity (Wildman–Crippen MR) is 140 cm³/mol. The number of nitrogens with zero attached hydrogens (tertiary/aromatic N) is 2. The van der Waals surface area contributed by atoms with Gasteiger partial charge in [-0.05, 0) is 49.0 Å². The molecule has 0 saturated heterocycles. The van der Waals surface area contributed by atoms with Crippen molar-refractivity contribution in [3.8, 4) is 5.75 Å². The summed E-state index contributed by atoms with van der Waals surface area (Å²) in [6.45, 7) is 2.39. The molecule has 4 N–H and O–H groups in total. The van der Waals surface area contributed by atoms with Crippen LogP contribution in [-0.4, -0.2) is 49.6 Å². The van der Waals surface area contributed by atoms with Crippen molar-refractivity contribution in [3.05, 3.63) is 71.1 Å². The third kappa shape index (κ3) is 7.62. The molecule has 0 radical (unpaired) electrons. The van der Waals surface area contributed by atoms with Crippen LogP contribution in [-0.2, 0) is 9.84 Å². The molecule has 2 aromatic heterocycles. The summed E-state index contributed by atoms with van der Waals surface area (Å²) in [7, 11) is -3.53. The maximum Gasteiger partial charge on any atom is 0.277 e. The highest BCUT2D eigenvalue weighted by Gasteiger charge is 2.21. The Labute approximate surface area is 219 Å². The summed E-state index contributed by atoms with van der Waals surface area (Å²) in [4.78, 5) is 34.0. The Morgan fingerprint density at radius 2 is 1.86 bits per heavy atom. The second-order valence-electron chi connectivity index (χ2n) is 7.75. The van der Waals surface area contributed by atoms with E-state index in [1.807, 2.05) is 6.92 Å². The van der Waals surface area contributed by atoms with Crippen molar-refractivity contribution in [2.24, 2.45) is 11.7 Å². The van der Waals surface area contributed by atoms with Crippen molar-refractivity contribution in [3.63, 3.8) is 0 Å². The zero-order valence-corrected chi connectivity index (χ0v) is 21.8. The summed E-state index contributed by atoms with van der Waals surface area (Å²) in [6.07, 6.45) is 3.85. The van der Waals surface area contributed by atoms with E-state index in [1.54, 1.807) is 12.1 Å². The molecule has 13 heteroatoms. The molecule has 0 spiro atoms. The van der Waals surface area contributed by atoms with E-state index in [0.29, 0.717) is 11.6 Å². The summed E-state index contributed by atoms with van der Waals surface area (Å²) in [5.41, 5.74) is 5.80. The highest BCUT2D eigenvalue weighted by Crippen LogP contribution is 2.26. The second-order valence-corrected chi connectivity index (χ2v) is 10.2. The summed E-state index contributed by atoms with van der Waals surface area (Å²) in [6, 6.07) is 10.1. The summed E-state index contributed by atoms with van der Waals surface area (Å²) in [5, 5.41) is 5.64. The topological polar surface area (TPSA) is 153 Å². The number of hydrogen-bond donors (Lipinski definition) is 3. The Bertz CT molecular complexity index is 1340. The number of ether oxygens (including phenoxy) is 1. The largest absolute Gasteiger partial charge is 0.492 e. The molecule has 0 aliphatic carbocycles. The number of nitrogens with one attached hydrogen (secondary N) is 2. The smallest absolute Gasteiger partial charge is 0.277 e. The van der Waals surface area contributed by atoms with Crippen LogP contribution in [0, 0.1) is 5.92 Å². The first-order valence-electron chi connectivity index (χ1n) is 10.4. The van der Waals surface area contributed by atoms with Gasteiger partial charge in [0.2, 0.25) is 0 Å². The number of rotatable bonds is 9. The first-order chi connectivity index (χ1) is 16.6. The van der Waals surface area contributed by atoms with E-state index < -0.39 is 21.7 Å². The third-order valence-corrected chi connectivity index (χ3v) is 6.13. The number of hydrogen-bond acceptors (Lipinski definition) is 8. The van der Waals surface area contributed by atoms with E-state index in [4.69, 9.17) is 22.1 Å². The molecule has 10 nitrogen and oxygen atoms in total. The highest BCUT2D eigenvalue weighted by atomic mass is 35.5. The maximum absolute atomic E-state index is 13.1. The van der Waals surface area contributed by atoms with E-state index in [2.05, 4.69) is 20.6 Å². The van der Waals surface area contributed by atoms with Crippen molar-refractivity contribution >= 4 is 57.2 Å². The fraction of sp³-hybridized carbons (Fsp3) is 0.217. The Hall–Kier alpha value is -3.25. The van der Waals surface area contributed by atoms with Crippen molar-refractivity contribution < 1.29 is 22.7 Å². The van der Waals surface area contributed by atoms with Gasteiger partial charge in [-0.3, -0.25) is 9.59 Å². The Morgan fingerprint density at radius 3 is 2.50 bits per heavy atom. The molecule has 2 amide bonds. The van der Waals surface area contributed by atoms with Gasteiger partial charge >= 0.3 is 0 Å². The zero-order valence-electron chi connectivity index (χ0n) is 19.4. The van der Waals surface area contributed by atoms with Gasteiger partial charge in [0.1, 0.15) is 11.6 Å². The molecule has 0 saturated carbocycles. The number of halogens is 2. The minimum absolute atomic E-state index is 0. The monoisotopic (exact) mass is 553 g/mol. The molecule has 192 valence electrons. The molecule has 0 aliphatic rings. The number of carbonyl (C=O) groups is 2. The normalized spacial score (nSPS) is 11.7. The zero-order chi connectivity index (χ0) is 25.6. The van der Waals surface area contributed by atoms with Gasteiger partial charge in [-0.1, -0.05) is 18.5 Å². The molecular weight excluding hydrogens is 529 g/mol. The van der Waals surface area contributed by atoms with Crippen molar-refractivity contribution in [2.45, 2.75) is 11.8 Å². The molecule has 2 heterocycles. The number of sulfone groups is 1. The van der Waals surface area contributed by atoms with E-state index in [1.165, 1.54) is 42.7 Å². The van der Waals surface area contributed by atoms with Crippen molar-refractivity contribution in [1.82, 2.24) is 9.97 Å². The number of pyridine rings is 2. The van der Waals surface area contributed by atoms with E-state index >= 15 is 0 Å². The Kier molecular flexibility index (Phi) is 10.2. The van der Waals surface area contributed by atoms with Gasteiger partial charge in [0, 0.05) is 24.6 Å². The first-order valence-corrected chi connectivity index (χ1v) is 12.7. The minimum atomic E-state index is -3.53. The van der Waals surface area contributed by atoms with Gasteiger partial charge in [0.05, 0.1) is 27.8 Å². The summed E-state index contributed by atoms with van der Waals surface area (Å²) < 4.78 is 29.7. The standard InChI is InChI=1S/C23H24ClN5O5S.ClH/c1-14(11-25)13-34-19-10-16(35(2,32)33)6-7-17(19)22(30)28-18-4-3-9-26-21(18)23(31)29-20-8-5-15(24)12-27-20;/h3-10,12,14H,11,13,25H2,1-2H3,(H,28,30)(H,27,29,31);1H/t14-;/m0./s1. The van der Waals surface area contributed by atoms with Crippen LogP contribution >= 0.6 is 24.0 Å². The quantitative estimate of drug-likeness (QED) is 0.364. The lowest BCUT2D eigenvalue weighted by Crippen LogP contribution is -2.22. The van der Waals surface area contributed by atoms with Crippen LogP contribution in [0.2, 0.25) is 5.02 Å². The van der Waals surface area contributed by atoms with Crippen LogP contribution in [0.3, 0.4) is 0 Å². The summed E-state index contributed by atoms with van der Waals surface area (Å²) in [5.74, 6) is -0.916. The second kappa shape index (κ2) is 12.6. The Balaban J connectivity index is 0.00000456. The lowest BCUT2D eigenvalue weighted by molar-refractivity contribution is 0.102. The average Bonchev–Trinajstić information content (AvgIpc) is 2.83. The molecule has 1 atom stereocenters. The van der Waals surface area contributed by atoms with Gasteiger partial charge in [0.25, 0.3) is 11.8 Å². The predicted octanol–water partition coefficient (Wildman–Crippen LogP) is 3.43. The average molecular weight is 554 g/mol. The Morgan fingerprint density at radius 1 is 1.11 bits per heavy atom. The van der Waals surface area contributed by atoms with Gasteiger partial charge < -0.3 is 21.1 Å². The SMILES string of the molecule is C[C@@H](CN)COc1cc(S(C)(=O)=O)ccc1C(=O)Nc1cccnc1C(=O)Nc1ccc(Cl)cn1.Cl. The van der Waals surface area contributed by atoms with Gasteiger partial charge in [0.15, 0.2) is 15.5 Å². The number of carbonyl (C=O) groups excluding carboxylic acids is 2. The van der Waals surface area contributed by atoms with E-state index in [9.17, 15) is 18.0 Å². The van der Waals surface area contributed by atoms with Crippen LogP contribution in [0.15, 0.2) is 59.8 Å². The van der Waals surface area contributed by atoms with Gasteiger partial charge in [-0.25, -0.2) is 18.4 Å². The number of anilines is 2. The molecule has 36 heavy (non-hydrogen) atoms. The van der Waals surface area contributed by atoms with E-state index in [-0.39, 0.29) is 58.3 Å². The molecule has 0 fully saturated rings. The molecule has 3 rings (SSSR count). The minimum Gasteiger partial charge on any atom is -0.492 e. The maximum atomic E-state index is 13.1. The van der Waals surface area contributed by atoms with E-state index in [0.717, 1.165) is 6.26 Å². The first kappa shape index (κ1) is 29.0. The van der Waals surface area contributed by atoms with Gasteiger partial charge in [-0.2, -0.15) is 0 Å². The molecule has 0 unspecified atom stereocenters. The lowest BCUT2D eigenvalue weighted by Gasteiger charge is -2.16. The number of nitrogens with two attached hydrogens (primary N) is 1. The highest BCUT2D eigenvalue weighted by molar-refractivity contribution is 7.90. The van der Waals surface area contributed by atoms with Crippen LogP contribution in [0.1, 0.15) is 27.8 Å². The third-order valence-electron chi connectivity index (χ3n) is 4.79. The fourth-order valence-electron chi connectivity index (χ4n) is 2.84. The number of aromatic nitrogens is 2. The van der Waals surface area contributed by atoms with Crippen molar-refractivity contribution in [2.75, 3.05) is 30.0 Å². The molecule has 1 aromatic carbocycles. The molecule has 3 aromatic rings. The lowest BCUT2D eigenvalue weighted by atomic mass is 10.1. The van der Waals surface area contributed by atoms with Crippen LogP contribution in [0.5, 0.6) is 5.75 Å². The molecule has 0 bridgehead atoms. The number of benzene rings is 1. The number of amides is 2. The fourth-order valence-corrected chi connectivity index (χ4v) is 3.59. The molecular formula is C23H25Cl2N5O5S. The van der Waals surface area contributed by atoms with Crippen LogP contribution in [0.4, 0.5) is 11.5 Å². The van der Waals surface area contributed by atoms with Crippen LogP contribution in [0.25, 0.3) is 0 Å². The van der Waals surface area contributed by atoms with Crippen LogP contribution < -0.4 is 21.1 Å². The van der Waals surface area contributed by atoms with Gasteiger partial charge in [-0.15, -0.1) is 12.4 Å². The summed E-state index contributed by atoms with van der Waals surface area (Å²) >= 11 is 5.82. The van der Waals surface area contributed by atoms with Crippen molar-refractivity contribution in [1.29, 1.82) is 0 Å².